The molecule has 3 unspecified atom stereocenters. The molecule has 0 heterocycles. The molecule has 0 aliphatic carbocycles. The second kappa shape index (κ2) is 40.4. The van der Waals surface area contributed by atoms with E-state index in [9.17, 15) is 19.4 Å². The van der Waals surface area contributed by atoms with Crippen molar-refractivity contribution >= 4 is 13.7 Å². The lowest BCUT2D eigenvalue weighted by atomic mass is 10.0. The Morgan fingerprint density at radius 1 is 0.579 bits per heavy atom. The van der Waals surface area contributed by atoms with Gasteiger partial charge < -0.3 is 19.8 Å². The van der Waals surface area contributed by atoms with Gasteiger partial charge in [0.05, 0.1) is 39.9 Å². The Labute approximate surface area is 354 Å². The highest BCUT2D eigenvalue weighted by atomic mass is 31.2. The number of amides is 1. The van der Waals surface area contributed by atoms with Crippen LogP contribution in [0.3, 0.4) is 0 Å². The summed E-state index contributed by atoms with van der Waals surface area (Å²) in [5, 5.41) is 13.7. The number of aliphatic hydroxyl groups is 1. The smallest absolute Gasteiger partial charge is 0.387 e. The summed E-state index contributed by atoms with van der Waals surface area (Å²) in [5.74, 6) is -0.196. The molecule has 338 valence electrons. The molecule has 0 aromatic rings. The maximum atomic E-state index is 12.7. The van der Waals surface area contributed by atoms with Gasteiger partial charge in [-0.2, -0.15) is 0 Å². The van der Waals surface area contributed by atoms with Crippen molar-refractivity contribution in [1.82, 2.24) is 5.32 Å². The predicted molar refractivity (Wildman–Crippen MR) is 245 cm³/mol. The third-order valence-electron chi connectivity index (χ3n) is 10.9. The Morgan fingerprint density at radius 2 is 0.965 bits per heavy atom. The van der Waals surface area contributed by atoms with Gasteiger partial charge in [0.25, 0.3) is 0 Å². The first-order valence-corrected chi connectivity index (χ1v) is 25.7. The number of allylic oxidation sites excluding steroid dienone is 3. The second-order valence-corrected chi connectivity index (χ2v) is 19.3. The van der Waals surface area contributed by atoms with Crippen LogP contribution in [0.5, 0.6) is 0 Å². The summed E-state index contributed by atoms with van der Waals surface area (Å²) in [7, 11) is 1.56. The third-order valence-corrected chi connectivity index (χ3v) is 11.9. The fraction of sp³-hybridized carbons (Fsp3) is 0.896. The first kappa shape index (κ1) is 56.0. The maximum Gasteiger partial charge on any atom is 0.472 e. The fourth-order valence-corrected chi connectivity index (χ4v) is 7.79. The molecule has 0 saturated carbocycles. The maximum absolute atomic E-state index is 12.7. The lowest BCUT2D eigenvalue weighted by molar-refractivity contribution is -0.870. The summed E-state index contributed by atoms with van der Waals surface area (Å²) >= 11 is 0. The molecule has 8 nitrogen and oxygen atoms in total. The summed E-state index contributed by atoms with van der Waals surface area (Å²) in [4.78, 5) is 22.9. The Kier molecular flexibility index (Phi) is 39.7. The van der Waals surface area contributed by atoms with E-state index in [0.29, 0.717) is 17.4 Å². The molecule has 0 bridgehead atoms. The summed E-state index contributed by atoms with van der Waals surface area (Å²) in [5.41, 5.74) is 0. The van der Waals surface area contributed by atoms with Gasteiger partial charge >= 0.3 is 7.82 Å². The van der Waals surface area contributed by atoms with E-state index < -0.39 is 20.0 Å². The summed E-state index contributed by atoms with van der Waals surface area (Å²) < 4.78 is 23.4. The summed E-state index contributed by atoms with van der Waals surface area (Å²) in [6, 6.07) is -0.856. The molecular formula is C48H96N2O6P+. The molecule has 0 aromatic carbocycles. The lowest BCUT2D eigenvalue weighted by Gasteiger charge is -2.25. The normalized spacial score (nSPS) is 14.4. The predicted octanol–water partition coefficient (Wildman–Crippen LogP) is 13.7. The second-order valence-electron chi connectivity index (χ2n) is 17.8. The van der Waals surface area contributed by atoms with E-state index in [4.69, 9.17) is 9.05 Å². The van der Waals surface area contributed by atoms with Crippen LogP contribution in [0.1, 0.15) is 226 Å². The Balaban J connectivity index is 4.03. The topological polar surface area (TPSA) is 105 Å². The highest BCUT2D eigenvalue weighted by Gasteiger charge is 2.27. The first-order valence-electron chi connectivity index (χ1n) is 24.2. The number of unbranched alkanes of at least 4 members (excludes halogenated alkanes) is 29. The summed E-state index contributed by atoms with van der Waals surface area (Å²) in [6.45, 7) is 4.73. The quantitative estimate of drug-likeness (QED) is 0.0244. The van der Waals surface area contributed by atoms with Gasteiger partial charge in [0.1, 0.15) is 13.2 Å². The van der Waals surface area contributed by atoms with Crippen molar-refractivity contribution in [1.29, 1.82) is 0 Å². The van der Waals surface area contributed by atoms with Gasteiger partial charge in [-0.15, -0.1) is 0 Å². The van der Waals surface area contributed by atoms with Crippen LogP contribution in [0.15, 0.2) is 24.3 Å². The molecule has 9 heteroatoms. The first-order chi connectivity index (χ1) is 27.5. The molecule has 1 amide bonds. The minimum atomic E-state index is -4.33. The average Bonchev–Trinajstić information content (AvgIpc) is 3.16. The number of phosphoric ester groups is 1. The molecule has 0 aromatic heterocycles. The van der Waals surface area contributed by atoms with Gasteiger partial charge in [-0.25, -0.2) is 4.57 Å². The Morgan fingerprint density at radius 3 is 1.40 bits per heavy atom. The molecule has 0 aliphatic rings. The molecule has 0 fully saturated rings. The van der Waals surface area contributed by atoms with Gasteiger partial charge in [-0.3, -0.25) is 13.8 Å². The Bertz CT molecular complexity index is 984. The van der Waals surface area contributed by atoms with Crippen molar-refractivity contribution in [3.8, 4) is 0 Å². The number of carbonyl (C=O) groups excluding carboxylic acids is 1. The summed E-state index contributed by atoms with van der Waals surface area (Å²) in [6.07, 6.45) is 48.9. The van der Waals surface area contributed by atoms with Gasteiger partial charge in [-0.05, 0) is 32.1 Å². The van der Waals surface area contributed by atoms with Crippen molar-refractivity contribution in [3.63, 3.8) is 0 Å². The average molecular weight is 828 g/mol. The van der Waals surface area contributed by atoms with E-state index in [-0.39, 0.29) is 19.1 Å². The van der Waals surface area contributed by atoms with Gasteiger partial charge in [0.2, 0.25) is 5.91 Å². The van der Waals surface area contributed by atoms with Crippen molar-refractivity contribution in [2.75, 3.05) is 40.9 Å². The Hall–Kier alpha value is -1.02. The van der Waals surface area contributed by atoms with Crippen LogP contribution in [0.2, 0.25) is 0 Å². The van der Waals surface area contributed by atoms with E-state index in [1.165, 1.54) is 167 Å². The van der Waals surface area contributed by atoms with E-state index in [1.807, 2.05) is 27.2 Å². The van der Waals surface area contributed by atoms with Crippen LogP contribution >= 0.6 is 7.82 Å². The fourth-order valence-electron chi connectivity index (χ4n) is 7.06. The number of nitrogens with one attached hydrogen (secondary N) is 1. The molecule has 57 heavy (non-hydrogen) atoms. The molecular weight excluding hydrogens is 732 g/mol. The zero-order valence-corrected chi connectivity index (χ0v) is 39.2. The van der Waals surface area contributed by atoms with Crippen LogP contribution in [0.25, 0.3) is 0 Å². The molecule has 3 N–H and O–H groups in total. The van der Waals surface area contributed by atoms with E-state index in [1.54, 1.807) is 6.08 Å². The minimum absolute atomic E-state index is 0.0575. The molecule has 0 saturated heterocycles. The number of nitrogens with zero attached hydrogens (tertiary/aromatic N) is 1. The molecule has 0 rings (SSSR count). The van der Waals surface area contributed by atoms with Crippen LogP contribution in [-0.2, 0) is 18.4 Å². The number of quaternary nitrogens is 1. The number of likely N-dealkylation sites (N-methyl/N-ethyl adjacent to an activating group) is 1. The van der Waals surface area contributed by atoms with Crippen molar-refractivity contribution < 1.29 is 32.9 Å². The van der Waals surface area contributed by atoms with Crippen molar-refractivity contribution in [3.05, 3.63) is 24.3 Å². The number of rotatable bonds is 44. The molecule has 0 radical (unpaired) electrons. The zero-order chi connectivity index (χ0) is 42.1. The number of carbonyl (C=O) groups is 1. The largest absolute Gasteiger partial charge is 0.472 e. The van der Waals surface area contributed by atoms with Crippen molar-refractivity contribution in [2.45, 2.75) is 238 Å². The van der Waals surface area contributed by atoms with Gasteiger partial charge in [0.15, 0.2) is 0 Å². The van der Waals surface area contributed by atoms with Crippen LogP contribution in [0, 0.1) is 0 Å². The van der Waals surface area contributed by atoms with Gasteiger partial charge in [-0.1, -0.05) is 212 Å². The number of hydrogen-bond donors (Lipinski definition) is 3. The number of aliphatic hydroxyl groups excluding tert-OH is 1. The molecule has 0 aliphatic heterocycles. The van der Waals surface area contributed by atoms with Crippen molar-refractivity contribution in [2.24, 2.45) is 0 Å². The monoisotopic (exact) mass is 828 g/mol. The highest BCUT2D eigenvalue weighted by molar-refractivity contribution is 7.47. The van der Waals surface area contributed by atoms with E-state index in [0.717, 1.165) is 38.5 Å². The SMILES string of the molecule is CCCCCCCCCCCCCCCCCCCCCCCCC/C=C/CC/C=C/C(O)C(COP(=O)(O)OCC[N+](C)(C)C)NC(=O)CCCCCCCC. The standard InChI is InChI=1S/C48H95N2O6P/c1-6-8-10-12-14-15-16-17-18-19-20-21-22-23-24-25-26-27-28-29-30-31-32-33-34-35-36-37-39-41-47(51)46(49-48(52)42-40-38-13-11-9-7-2)45-56-57(53,54)55-44-43-50(3,4)5/h34-35,39,41,46-47,51H,6-33,36-38,40,42-45H2,1-5H3,(H-,49,52,53,54)/p+1/b35-34+,41-39+. The third kappa shape index (κ3) is 42.9. The van der Waals surface area contributed by atoms with E-state index in [2.05, 4.69) is 31.3 Å². The minimum Gasteiger partial charge on any atom is -0.387 e. The van der Waals surface area contributed by atoms with Crippen LogP contribution in [-0.4, -0.2) is 73.4 Å². The number of phosphoric acid groups is 1. The van der Waals surface area contributed by atoms with Gasteiger partial charge in [0, 0.05) is 6.42 Å². The zero-order valence-electron chi connectivity index (χ0n) is 38.3. The van der Waals surface area contributed by atoms with Crippen LogP contribution < -0.4 is 5.32 Å². The van der Waals surface area contributed by atoms with Crippen LogP contribution in [0.4, 0.5) is 0 Å². The highest BCUT2D eigenvalue weighted by Crippen LogP contribution is 2.43. The van der Waals surface area contributed by atoms with E-state index >= 15 is 0 Å². The lowest BCUT2D eigenvalue weighted by Crippen LogP contribution is -2.45. The number of hydrogen-bond acceptors (Lipinski definition) is 5. The molecule has 0 spiro atoms. The molecule has 3 atom stereocenters.